The summed E-state index contributed by atoms with van der Waals surface area (Å²) in [4.78, 5) is 15.6. The number of aromatic nitrogens is 1. The molecule has 104 valence electrons. The van der Waals surface area contributed by atoms with Crippen LogP contribution in [0.2, 0.25) is 0 Å². The maximum absolute atomic E-state index is 13.6. The van der Waals surface area contributed by atoms with Crippen molar-refractivity contribution in [1.82, 2.24) is 4.98 Å². The zero-order chi connectivity index (χ0) is 14.9. The highest BCUT2D eigenvalue weighted by Gasteiger charge is 2.16. The molecular formula is C16H16FNO2. The van der Waals surface area contributed by atoms with Gasteiger partial charge in [0.25, 0.3) is 0 Å². The summed E-state index contributed by atoms with van der Waals surface area (Å²) in [6.07, 6.45) is 0. The first kappa shape index (κ1) is 14.2. The predicted molar refractivity (Wildman–Crippen MR) is 75.4 cm³/mol. The lowest BCUT2D eigenvalue weighted by Gasteiger charge is -2.11. The van der Waals surface area contributed by atoms with E-state index >= 15 is 0 Å². The monoisotopic (exact) mass is 273 g/mol. The first-order valence-corrected chi connectivity index (χ1v) is 6.41. The molecule has 20 heavy (non-hydrogen) atoms. The van der Waals surface area contributed by atoms with Crippen molar-refractivity contribution in [2.24, 2.45) is 0 Å². The first-order valence-electron chi connectivity index (χ1n) is 6.41. The van der Waals surface area contributed by atoms with Crippen LogP contribution in [0.1, 0.15) is 41.4 Å². The zero-order valence-corrected chi connectivity index (χ0v) is 11.6. The third-order valence-corrected chi connectivity index (χ3v) is 3.17. The van der Waals surface area contributed by atoms with E-state index in [-0.39, 0.29) is 17.3 Å². The molecule has 1 N–H and O–H groups in total. The summed E-state index contributed by atoms with van der Waals surface area (Å²) in [5, 5.41) is 9.16. The third-order valence-electron chi connectivity index (χ3n) is 3.17. The number of nitrogens with zero attached hydrogens (tertiary/aromatic N) is 1. The van der Waals surface area contributed by atoms with Crippen LogP contribution in [0.15, 0.2) is 30.3 Å². The second-order valence-electron chi connectivity index (χ2n) is 5.05. The summed E-state index contributed by atoms with van der Waals surface area (Å²) in [5.41, 5.74) is 2.50. The molecule has 4 heteroatoms. The summed E-state index contributed by atoms with van der Waals surface area (Å²) >= 11 is 0. The van der Waals surface area contributed by atoms with Crippen LogP contribution < -0.4 is 0 Å². The smallest absolute Gasteiger partial charge is 0.337 e. The molecule has 0 fully saturated rings. The molecule has 2 rings (SSSR count). The highest BCUT2D eigenvalue weighted by molar-refractivity contribution is 5.89. The van der Waals surface area contributed by atoms with E-state index in [2.05, 4.69) is 4.98 Å². The van der Waals surface area contributed by atoms with Gasteiger partial charge in [0.05, 0.1) is 17.0 Å². The molecule has 0 saturated carbocycles. The average Bonchev–Trinajstić information content (AvgIpc) is 2.41. The molecule has 0 radical (unpaired) electrons. The molecule has 0 bridgehead atoms. The fourth-order valence-electron chi connectivity index (χ4n) is 2.01. The maximum atomic E-state index is 13.6. The summed E-state index contributed by atoms with van der Waals surface area (Å²) in [5.74, 6) is -1.31. The first-order chi connectivity index (χ1) is 9.40. The summed E-state index contributed by atoms with van der Waals surface area (Å²) in [6, 6.07) is 8.03. The van der Waals surface area contributed by atoms with Crippen molar-refractivity contribution in [1.29, 1.82) is 0 Å². The number of halogens is 1. The minimum Gasteiger partial charge on any atom is -0.478 e. The number of benzene rings is 1. The standard InChI is InChI=1S/C16H16FNO2/c1-9(2)15-12(16(19)20)6-7-14(18-15)11-5-4-10(3)13(17)8-11/h4-9H,1-3H3,(H,19,20). The molecule has 0 aliphatic rings. The summed E-state index contributed by atoms with van der Waals surface area (Å²) < 4.78 is 13.6. The molecule has 0 amide bonds. The van der Waals surface area contributed by atoms with Gasteiger partial charge in [-0.2, -0.15) is 0 Å². The number of rotatable bonds is 3. The van der Waals surface area contributed by atoms with Crippen molar-refractivity contribution < 1.29 is 14.3 Å². The molecule has 0 saturated heterocycles. The number of aryl methyl sites for hydroxylation is 1. The van der Waals surface area contributed by atoms with Crippen LogP contribution in [0, 0.1) is 12.7 Å². The highest BCUT2D eigenvalue weighted by atomic mass is 19.1. The molecule has 1 aromatic heterocycles. The number of aromatic carboxylic acids is 1. The minimum atomic E-state index is -0.997. The molecule has 1 aromatic carbocycles. The Bertz CT molecular complexity index is 666. The van der Waals surface area contributed by atoms with Crippen LogP contribution in [0.5, 0.6) is 0 Å². The van der Waals surface area contributed by atoms with Gasteiger partial charge in [-0.3, -0.25) is 4.98 Å². The third kappa shape index (κ3) is 2.69. The van der Waals surface area contributed by atoms with Gasteiger partial charge >= 0.3 is 5.97 Å². The lowest BCUT2D eigenvalue weighted by molar-refractivity contribution is 0.0694. The normalized spacial score (nSPS) is 10.8. The highest BCUT2D eigenvalue weighted by Crippen LogP contribution is 2.24. The number of carbonyl (C=O) groups is 1. The Kier molecular flexibility index (Phi) is 3.84. The molecule has 0 aliphatic carbocycles. The number of pyridine rings is 1. The van der Waals surface area contributed by atoms with Crippen LogP contribution >= 0.6 is 0 Å². The Morgan fingerprint density at radius 3 is 2.50 bits per heavy atom. The van der Waals surface area contributed by atoms with Crippen LogP contribution in [-0.2, 0) is 0 Å². The van der Waals surface area contributed by atoms with Crippen LogP contribution in [-0.4, -0.2) is 16.1 Å². The van der Waals surface area contributed by atoms with Crippen LogP contribution in [0.25, 0.3) is 11.3 Å². The van der Waals surface area contributed by atoms with E-state index < -0.39 is 5.97 Å². The topological polar surface area (TPSA) is 50.2 Å². The Balaban J connectivity index is 2.55. The largest absolute Gasteiger partial charge is 0.478 e. The van der Waals surface area contributed by atoms with E-state index in [9.17, 15) is 9.18 Å². The van der Waals surface area contributed by atoms with Gasteiger partial charge in [-0.15, -0.1) is 0 Å². The van der Waals surface area contributed by atoms with Crippen molar-refractivity contribution in [3.8, 4) is 11.3 Å². The van der Waals surface area contributed by atoms with E-state index in [4.69, 9.17) is 5.11 Å². The van der Waals surface area contributed by atoms with Crippen molar-refractivity contribution in [2.75, 3.05) is 0 Å². The number of carboxylic acids is 1. The van der Waals surface area contributed by atoms with E-state index in [0.717, 1.165) is 0 Å². The van der Waals surface area contributed by atoms with Gasteiger partial charge in [-0.1, -0.05) is 26.0 Å². The van der Waals surface area contributed by atoms with E-state index in [1.165, 1.54) is 12.1 Å². The van der Waals surface area contributed by atoms with E-state index in [1.54, 1.807) is 25.1 Å². The van der Waals surface area contributed by atoms with Gasteiger partial charge in [0.2, 0.25) is 0 Å². The lowest BCUT2D eigenvalue weighted by Crippen LogP contribution is -2.07. The fourth-order valence-corrected chi connectivity index (χ4v) is 2.01. The lowest BCUT2D eigenvalue weighted by atomic mass is 10.0. The molecule has 0 spiro atoms. The van der Waals surface area contributed by atoms with Crippen LogP contribution in [0.4, 0.5) is 4.39 Å². The molecule has 2 aromatic rings. The molecule has 0 unspecified atom stereocenters. The van der Waals surface area contributed by atoms with Gasteiger partial charge < -0.3 is 5.11 Å². The van der Waals surface area contributed by atoms with Crippen molar-refractivity contribution >= 4 is 5.97 Å². The summed E-state index contributed by atoms with van der Waals surface area (Å²) in [7, 11) is 0. The Morgan fingerprint density at radius 1 is 1.25 bits per heavy atom. The van der Waals surface area contributed by atoms with E-state index in [0.29, 0.717) is 22.5 Å². The minimum absolute atomic E-state index is 0.0173. The Morgan fingerprint density at radius 2 is 1.95 bits per heavy atom. The Hall–Kier alpha value is -2.23. The number of carboxylic acid groups (broad SMARTS) is 1. The molecule has 0 atom stereocenters. The van der Waals surface area contributed by atoms with E-state index in [1.807, 2.05) is 13.8 Å². The summed E-state index contributed by atoms with van der Waals surface area (Å²) in [6.45, 7) is 5.46. The number of hydrogen-bond donors (Lipinski definition) is 1. The molecule has 1 heterocycles. The van der Waals surface area contributed by atoms with Crippen molar-refractivity contribution in [2.45, 2.75) is 26.7 Å². The van der Waals surface area contributed by atoms with Crippen molar-refractivity contribution in [3.05, 3.63) is 53.0 Å². The van der Waals surface area contributed by atoms with Gasteiger partial charge in [0, 0.05) is 5.56 Å². The fraction of sp³-hybridized carbons (Fsp3) is 0.250. The Labute approximate surface area is 117 Å². The molecule has 0 aliphatic heterocycles. The molecule has 3 nitrogen and oxygen atoms in total. The van der Waals surface area contributed by atoms with Crippen LogP contribution in [0.3, 0.4) is 0 Å². The van der Waals surface area contributed by atoms with Gasteiger partial charge in [0.1, 0.15) is 5.82 Å². The van der Waals surface area contributed by atoms with Crippen molar-refractivity contribution in [3.63, 3.8) is 0 Å². The predicted octanol–water partition coefficient (Wildman–Crippen LogP) is 4.02. The average molecular weight is 273 g/mol. The van der Waals surface area contributed by atoms with Gasteiger partial charge in [0.15, 0.2) is 0 Å². The second kappa shape index (κ2) is 5.41. The maximum Gasteiger partial charge on any atom is 0.337 e. The molecular weight excluding hydrogens is 257 g/mol. The quantitative estimate of drug-likeness (QED) is 0.919. The second-order valence-corrected chi connectivity index (χ2v) is 5.05. The zero-order valence-electron chi connectivity index (χ0n) is 11.6. The van der Waals surface area contributed by atoms with Gasteiger partial charge in [-0.05, 0) is 36.6 Å². The number of hydrogen-bond acceptors (Lipinski definition) is 2. The SMILES string of the molecule is Cc1ccc(-c2ccc(C(=O)O)c(C(C)C)n2)cc1F. The van der Waals surface area contributed by atoms with Gasteiger partial charge in [-0.25, -0.2) is 9.18 Å².